The molecule has 0 aromatic heterocycles. The number of piperidine rings is 2. The zero-order chi connectivity index (χ0) is 22.3. The number of likely N-dealkylation sites (tertiary alicyclic amines) is 2. The lowest BCUT2D eigenvalue weighted by atomic mass is 9.75. The number of rotatable bonds is 8. The number of nitrogens with zero attached hydrogens (tertiary/aromatic N) is 2. The van der Waals surface area contributed by atoms with Gasteiger partial charge in [-0.15, -0.1) is 0 Å². The van der Waals surface area contributed by atoms with Gasteiger partial charge in [0.15, 0.2) is 0 Å². The molecule has 170 valence electrons. The van der Waals surface area contributed by atoms with Crippen LogP contribution in [-0.4, -0.2) is 60.4 Å². The van der Waals surface area contributed by atoms with E-state index in [2.05, 4.69) is 0 Å². The maximum Gasteiger partial charge on any atom is 0.314 e. The molecule has 0 radical (unpaired) electrons. The molecule has 6 nitrogen and oxygen atoms in total. The SMILES string of the molecule is CCOC(=O)[C@@]1(Cc2ccc(F)cc2)CCCN(C(=O)CCCN2CCCCC2=O)C1. The van der Waals surface area contributed by atoms with Crippen molar-refractivity contribution in [3.8, 4) is 0 Å². The molecule has 0 saturated carbocycles. The van der Waals surface area contributed by atoms with E-state index in [4.69, 9.17) is 4.74 Å². The van der Waals surface area contributed by atoms with Gasteiger partial charge in [0.1, 0.15) is 5.82 Å². The van der Waals surface area contributed by atoms with Crippen LogP contribution in [0.1, 0.15) is 57.4 Å². The smallest absolute Gasteiger partial charge is 0.314 e. The molecule has 31 heavy (non-hydrogen) atoms. The van der Waals surface area contributed by atoms with Gasteiger partial charge in [-0.1, -0.05) is 12.1 Å². The number of carbonyl (C=O) groups excluding carboxylic acids is 3. The van der Waals surface area contributed by atoms with E-state index in [0.29, 0.717) is 51.7 Å². The van der Waals surface area contributed by atoms with Gasteiger partial charge in [-0.3, -0.25) is 14.4 Å². The summed E-state index contributed by atoms with van der Waals surface area (Å²) in [5, 5.41) is 0. The molecule has 2 aliphatic rings. The van der Waals surface area contributed by atoms with Crippen LogP contribution in [0.5, 0.6) is 0 Å². The number of benzene rings is 1. The van der Waals surface area contributed by atoms with Crippen LogP contribution in [0.4, 0.5) is 4.39 Å². The lowest BCUT2D eigenvalue weighted by molar-refractivity contribution is -0.161. The van der Waals surface area contributed by atoms with E-state index in [-0.39, 0.29) is 30.2 Å². The molecule has 0 bridgehead atoms. The Labute approximate surface area is 183 Å². The summed E-state index contributed by atoms with van der Waals surface area (Å²) >= 11 is 0. The summed E-state index contributed by atoms with van der Waals surface area (Å²) in [7, 11) is 0. The van der Waals surface area contributed by atoms with Gasteiger partial charge in [-0.25, -0.2) is 4.39 Å². The fraction of sp³-hybridized carbons (Fsp3) is 0.625. The van der Waals surface area contributed by atoms with E-state index in [1.807, 2.05) is 4.90 Å². The average molecular weight is 433 g/mol. The van der Waals surface area contributed by atoms with Crippen LogP contribution in [0.2, 0.25) is 0 Å². The molecule has 0 aliphatic carbocycles. The van der Waals surface area contributed by atoms with Crippen molar-refractivity contribution in [2.24, 2.45) is 5.41 Å². The van der Waals surface area contributed by atoms with Gasteiger partial charge >= 0.3 is 5.97 Å². The van der Waals surface area contributed by atoms with Crippen LogP contribution in [0.15, 0.2) is 24.3 Å². The Kier molecular flexibility index (Phi) is 8.04. The average Bonchev–Trinajstić information content (AvgIpc) is 2.77. The van der Waals surface area contributed by atoms with Crippen molar-refractivity contribution < 1.29 is 23.5 Å². The van der Waals surface area contributed by atoms with Gasteiger partial charge < -0.3 is 14.5 Å². The summed E-state index contributed by atoms with van der Waals surface area (Å²) in [5.41, 5.74) is 0.0391. The van der Waals surface area contributed by atoms with E-state index in [9.17, 15) is 18.8 Å². The first-order chi connectivity index (χ1) is 14.9. The molecular formula is C24H33FN2O4. The number of hydrogen-bond acceptors (Lipinski definition) is 4. The molecule has 2 fully saturated rings. The second-order valence-corrected chi connectivity index (χ2v) is 8.66. The minimum absolute atomic E-state index is 0.0111. The first-order valence-electron chi connectivity index (χ1n) is 11.4. The molecule has 1 atom stereocenters. The number of halogens is 1. The Balaban J connectivity index is 1.63. The molecule has 2 amide bonds. The third-order valence-corrected chi connectivity index (χ3v) is 6.33. The van der Waals surface area contributed by atoms with E-state index in [1.165, 1.54) is 12.1 Å². The van der Waals surface area contributed by atoms with Crippen LogP contribution in [0.25, 0.3) is 0 Å². The number of carbonyl (C=O) groups is 3. The van der Waals surface area contributed by atoms with Crippen molar-refractivity contribution in [1.29, 1.82) is 0 Å². The number of ether oxygens (including phenoxy) is 1. The Hall–Kier alpha value is -2.44. The molecule has 2 saturated heterocycles. The zero-order valence-electron chi connectivity index (χ0n) is 18.4. The molecule has 2 aliphatic heterocycles. The van der Waals surface area contributed by atoms with Crippen molar-refractivity contribution in [1.82, 2.24) is 9.80 Å². The molecule has 7 heteroatoms. The molecule has 0 spiro atoms. The Morgan fingerprint density at radius 2 is 1.90 bits per heavy atom. The van der Waals surface area contributed by atoms with Gasteiger partial charge in [0.05, 0.1) is 12.0 Å². The summed E-state index contributed by atoms with van der Waals surface area (Å²) in [4.78, 5) is 41.4. The van der Waals surface area contributed by atoms with Crippen LogP contribution in [0.3, 0.4) is 0 Å². The third-order valence-electron chi connectivity index (χ3n) is 6.33. The predicted octanol–water partition coefficient (Wildman–Crippen LogP) is 3.33. The van der Waals surface area contributed by atoms with Crippen molar-refractivity contribution >= 4 is 17.8 Å². The van der Waals surface area contributed by atoms with E-state index in [1.54, 1.807) is 24.0 Å². The molecular weight excluding hydrogens is 399 g/mol. The summed E-state index contributed by atoms with van der Waals surface area (Å²) in [6.07, 6.45) is 5.34. The minimum atomic E-state index is -0.815. The maximum atomic E-state index is 13.3. The summed E-state index contributed by atoms with van der Waals surface area (Å²) in [6.45, 7) is 4.37. The molecule has 3 rings (SSSR count). The van der Waals surface area contributed by atoms with Crippen molar-refractivity contribution in [3.63, 3.8) is 0 Å². The van der Waals surface area contributed by atoms with Crippen molar-refractivity contribution in [2.75, 3.05) is 32.8 Å². The van der Waals surface area contributed by atoms with Crippen LogP contribution in [-0.2, 0) is 25.5 Å². The van der Waals surface area contributed by atoms with Gasteiger partial charge in [0, 0.05) is 39.0 Å². The predicted molar refractivity (Wildman–Crippen MR) is 115 cm³/mol. The van der Waals surface area contributed by atoms with Crippen molar-refractivity contribution in [2.45, 2.75) is 58.3 Å². The lowest BCUT2D eigenvalue weighted by Gasteiger charge is -2.41. The topological polar surface area (TPSA) is 66.9 Å². The first kappa shape index (κ1) is 23.2. The second-order valence-electron chi connectivity index (χ2n) is 8.66. The van der Waals surface area contributed by atoms with Crippen LogP contribution >= 0.6 is 0 Å². The Morgan fingerprint density at radius 1 is 1.13 bits per heavy atom. The van der Waals surface area contributed by atoms with Gasteiger partial charge in [-0.05, 0) is 63.1 Å². The highest BCUT2D eigenvalue weighted by Gasteiger charge is 2.44. The minimum Gasteiger partial charge on any atom is -0.466 e. The molecule has 1 aromatic carbocycles. The molecule has 0 unspecified atom stereocenters. The monoisotopic (exact) mass is 432 g/mol. The standard InChI is InChI=1S/C24H33FN2O4/c1-2-31-23(30)24(17-19-9-11-20(25)12-10-19)13-6-16-27(18-24)22(29)8-5-15-26-14-4-3-7-21(26)28/h9-12H,2-8,13-18H2,1H3/t24-/m1/s1. The number of esters is 1. The van der Waals surface area contributed by atoms with Gasteiger partial charge in [0.25, 0.3) is 0 Å². The maximum absolute atomic E-state index is 13.3. The molecule has 0 N–H and O–H groups in total. The molecule has 1 aromatic rings. The summed E-state index contributed by atoms with van der Waals surface area (Å²) in [6, 6.07) is 6.16. The molecule has 2 heterocycles. The Morgan fingerprint density at radius 3 is 2.61 bits per heavy atom. The summed E-state index contributed by atoms with van der Waals surface area (Å²) in [5.74, 6) is -0.424. The van der Waals surface area contributed by atoms with Crippen LogP contribution in [0, 0.1) is 11.2 Å². The largest absolute Gasteiger partial charge is 0.466 e. The zero-order valence-corrected chi connectivity index (χ0v) is 18.4. The normalized spacial score (nSPS) is 21.8. The lowest BCUT2D eigenvalue weighted by Crippen LogP contribution is -2.51. The highest BCUT2D eigenvalue weighted by molar-refractivity contribution is 5.81. The highest BCUT2D eigenvalue weighted by Crippen LogP contribution is 2.36. The third kappa shape index (κ3) is 6.05. The highest BCUT2D eigenvalue weighted by atomic mass is 19.1. The van der Waals surface area contributed by atoms with Gasteiger partial charge in [-0.2, -0.15) is 0 Å². The Bertz CT molecular complexity index is 782. The second kappa shape index (κ2) is 10.7. The summed E-state index contributed by atoms with van der Waals surface area (Å²) < 4.78 is 18.7. The van der Waals surface area contributed by atoms with E-state index < -0.39 is 5.41 Å². The number of amides is 2. The quantitative estimate of drug-likeness (QED) is 0.591. The first-order valence-corrected chi connectivity index (χ1v) is 11.4. The number of hydrogen-bond donors (Lipinski definition) is 0. The fourth-order valence-electron chi connectivity index (χ4n) is 4.68. The van der Waals surface area contributed by atoms with Crippen LogP contribution < -0.4 is 0 Å². The fourth-order valence-corrected chi connectivity index (χ4v) is 4.68. The van der Waals surface area contributed by atoms with Crippen molar-refractivity contribution in [3.05, 3.63) is 35.6 Å². The van der Waals surface area contributed by atoms with Gasteiger partial charge in [0.2, 0.25) is 11.8 Å². The van der Waals surface area contributed by atoms with E-state index >= 15 is 0 Å². The van der Waals surface area contributed by atoms with E-state index in [0.717, 1.165) is 31.4 Å².